The van der Waals surface area contributed by atoms with Crippen molar-refractivity contribution in [1.82, 2.24) is 16.0 Å². The van der Waals surface area contributed by atoms with E-state index in [1.165, 1.54) is 24.3 Å². The molecule has 0 aliphatic carbocycles. The van der Waals surface area contributed by atoms with E-state index in [0.717, 1.165) is 0 Å². The number of carboxylic acid groups (broad SMARTS) is 2. The third kappa shape index (κ3) is 10.8. The van der Waals surface area contributed by atoms with E-state index in [2.05, 4.69) is 16.0 Å². The number of aromatic hydroxyl groups is 1. The van der Waals surface area contributed by atoms with Gasteiger partial charge in [-0.1, -0.05) is 32.4 Å². The van der Waals surface area contributed by atoms with Crippen LogP contribution < -0.4 is 27.4 Å². The molecular formula is C24H35N5O9. The SMILES string of the molecule is CCC(C)C(NC(=O)C(N)CC(N)=O)C(=O)NC(CCC(=O)O)C(=O)NC(Cc1ccc(O)cc1)C(=O)O. The van der Waals surface area contributed by atoms with E-state index in [-0.39, 0.29) is 18.6 Å². The number of amides is 4. The zero-order valence-electron chi connectivity index (χ0n) is 21.2. The number of nitrogens with one attached hydrogen (secondary N) is 3. The molecule has 0 aliphatic heterocycles. The fourth-order valence-corrected chi connectivity index (χ4v) is 3.41. The van der Waals surface area contributed by atoms with Gasteiger partial charge >= 0.3 is 11.9 Å². The maximum Gasteiger partial charge on any atom is 0.326 e. The maximum absolute atomic E-state index is 13.1. The molecule has 0 bridgehead atoms. The number of nitrogens with two attached hydrogens (primary N) is 2. The minimum Gasteiger partial charge on any atom is -0.508 e. The number of rotatable bonds is 16. The molecule has 0 aliphatic rings. The summed E-state index contributed by atoms with van der Waals surface area (Å²) in [5.74, 6) is -6.51. The van der Waals surface area contributed by atoms with Crippen LogP contribution in [0, 0.1) is 5.92 Å². The van der Waals surface area contributed by atoms with Crippen LogP contribution in [0.4, 0.5) is 0 Å². The molecule has 10 N–H and O–H groups in total. The molecule has 1 aromatic carbocycles. The summed E-state index contributed by atoms with van der Waals surface area (Å²) in [6.07, 6.45) is -1.06. The molecule has 0 saturated carbocycles. The van der Waals surface area contributed by atoms with Crippen molar-refractivity contribution in [2.24, 2.45) is 17.4 Å². The predicted octanol–water partition coefficient (Wildman–Crippen LogP) is -1.41. The van der Waals surface area contributed by atoms with Gasteiger partial charge in [0, 0.05) is 12.8 Å². The van der Waals surface area contributed by atoms with Crippen LogP contribution in [0.5, 0.6) is 5.75 Å². The van der Waals surface area contributed by atoms with Crippen LogP contribution in [0.15, 0.2) is 24.3 Å². The van der Waals surface area contributed by atoms with Gasteiger partial charge in [0.25, 0.3) is 0 Å². The summed E-state index contributed by atoms with van der Waals surface area (Å²) >= 11 is 0. The molecule has 0 heterocycles. The van der Waals surface area contributed by atoms with Crippen molar-refractivity contribution in [2.75, 3.05) is 0 Å². The lowest BCUT2D eigenvalue weighted by Crippen LogP contribution is -2.59. The number of phenols is 1. The Bertz CT molecular complexity index is 1020. The van der Waals surface area contributed by atoms with Crippen LogP contribution in [0.25, 0.3) is 0 Å². The number of primary amides is 1. The molecule has 14 nitrogen and oxygen atoms in total. The molecule has 210 valence electrons. The highest BCUT2D eigenvalue weighted by Crippen LogP contribution is 2.13. The van der Waals surface area contributed by atoms with Crippen molar-refractivity contribution in [2.45, 2.75) is 70.1 Å². The highest BCUT2D eigenvalue weighted by atomic mass is 16.4. The second-order valence-corrected chi connectivity index (χ2v) is 8.91. The largest absolute Gasteiger partial charge is 0.508 e. The van der Waals surface area contributed by atoms with Crippen molar-refractivity contribution in [3.05, 3.63) is 29.8 Å². The van der Waals surface area contributed by atoms with Crippen LogP contribution in [0.2, 0.25) is 0 Å². The van der Waals surface area contributed by atoms with Gasteiger partial charge in [-0.3, -0.25) is 24.0 Å². The molecule has 1 aromatic rings. The summed E-state index contributed by atoms with van der Waals surface area (Å²) in [7, 11) is 0. The van der Waals surface area contributed by atoms with Gasteiger partial charge in [-0.25, -0.2) is 4.79 Å². The summed E-state index contributed by atoms with van der Waals surface area (Å²) in [6, 6.07) is 0.284. The molecule has 0 spiro atoms. The van der Waals surface area contributed by atoms with Gasteiger partial charge < -0.3 is 42.7 Å². The van der Waals surface area contributed by atoms with Crippen molar-refractivity contribution >= 4 is 35.6 Å². The minimum atomic E-state index is -1.44. The zero-order valence-corrected chi connectivity index (χ0v) is 21.2. The highest BCUT2D eigenvalue weighted by Gasteiger charge is 2.33. The topological polar surface area (TPSA) is 251 Å². The first-order valence-electron chi connectivity index (χ1n) is 11.9. The van der Waals surface area contributed by atoms with Crippen LogP contribution in [0.1, 0.15) is 45.1 Å². The molecule has 4 amide bonds. The third-order valence-corrected chi connectivity index (χ3v) is 5.82. The highest BCUT2D eigenvalue weighted by molar-refractivity contribution is 5.95. The van der Waals surface area contributed by atoms with E-state index < -0.39 is 78.5 Å². The Morgan fingerprint density at radius 2 is 1.47 bits per heavy atom. The molecular weight excluding hydrogens is 502 g/mol. The van der Waals surface area contributed by atoms with E-state index in [1.54, 1.807) is 13.8 Å². The molecule has 0 fully saturated rings. The van der Waals surface area contributed by atoms with Crippen molar-refractivity contribution in [3.8, 4) is 5.75 Å². The molecule has 5 atom stereocenters. The summed E-state index contributed by atoms with van der Waals surface area (Å²) in [5, 5.41) is 35.2. The lowest BCUT2D eigenvalue weighted by molar-refractivity contribution is -0.143. The fraction of sp³-hybridized carbons (Fsp3) is 0.500. The predicted molar refractivity (Wildman–Crippen MR) is 133 cm³/mol. The Morgan fingerprint density at radius 1 is 0.895 bits per heavy atom. The number of hydrogen-bond acceptors (Lipinski definition) is 8. The van der Waals surface area contributed by atoms with E-state index in [4.69, 9.17) is 16.6 Å². The van der Waals surface area contributed by atoms with Gasteiger partial charge in [0.1, 0.15) is 23.9 Å². The second kappa shape index (κ2) is 15.1. The molecule has 0 radical (unpaired) electrons. The maximum atomic E-state index is 13.1. The van der Waals surface area contributed by atoms with Crippen molar-refractivity contribution in [1.29, 1.82) is 0 Å². The van der Waals surface area contributed by atoms with Crippen molar-refractivity contribution in [3.63, 3.8) is 0 Å². The summed E-state index contributed by atoms with van der Waals surface area (Å²) in [4.78, 5) is 72.5. The lowest BCUT2D eigenvalue weighted by Gasteiger charge is -2.27. The quantitative estimate of drug-likeness (QED) is 0.122. The average Bonchev–Trinajstić information content (AvgIpc) is 2.84. The van der Waals surface area contributed by atoms with Gasteiger partial charge in [0.05, 0.1) is 12.5 Å². The first-order valence-corrected chi connectivity index (χ1v) is 11.9. The smallest absolute Gasteiger partial charge is 0.326 e. The Balaban J connectivity index is 3.08. The van der Waals surface area contributed by atoms with E-state index >= 15 is 0 Å². The summed E-state index contributed by atoms with van der Waals surface area (Å²) in [5.41, 5.74) is 11.2. The molecule has 5 unspecified atom stereocenters. The number of carboxylic acids is 2. The number of benzene rings is 1. The van der Waals surface area contributed by atoms with Gasteiger partial charge in [-0.2, -0.15) is 0 Å². The third-order valence-electron chi connectivity index (χ3n) is 5.82. The number of carbonyl (C=O) groups is 6. The van der Waals surface area contributed by atoms with Crippen LogP contribution in [-0.4, -0.2) is 75.1 Å². The summed E-state index contributed by atoms with van der Waals surface area (Å²) < 4.78 is 0. The first kappa shape index (κ1) is 31.8. The van der Waals surface area contributed by atoms with Crippen LogP contribution in [0.3, 0.4) is 0 Å². The fourth-order valence-electron chi connectivity index (χ4n) is 3.41. The van der Waals surface area contributed by atoms with Gasteiger partial charge in [-0.05, 0) is 30.0 Å². The Morgan fingerprint density at radius 3 is 1.97 bits per heavy atom. The summed E-state index contributed by atoms with van der Waals surface area (Å²) in [6.45, 7) is 3.39. The normalized spacial score (nSPS) is 14.7. The van der Waals surface area contributed by atoms with Crippen LogP contribution >= 0.6 is 0 Å². The Kier molecular flexibility index (Phi) is 12.7. The van der Waals surface area contributed by atoms with Gasteiger partial charge in [-0.15, -0.1) is 0 Å². The standard InChI is InChI=1S/C24H35N5O9/c1-3-12(2)20(29-21(34)15(25)11-18(26)31)23(36)27-16(8-9-19(32)33)22(35)28-17(24(37)38)10-13-4-6-14(30)7-5-13/h4-7,12,15-17,20,30H,3,8-11,25H2,1-2H3,(H2,26,31)(H,27,36)(H,28,35)(H,29,34)(H,32,33)(H,37,38). The van der Waals surface area contributed by atoms with E-state index in [1.807, 2.05) is 0 Å². The second-order valence-electron chi connectivity index (χ2n) is 8.91. The molecule has 0 aromatic heterocycles. The number of hydrogen-bond donors (Lipinski definition) is 8. The van der Waals surface area contributed by atoms with Gasteiger partial charge in [0.15, 0.2) is 0 Å². The minimum absolute atomic E-state index is 0.0281. The molecule has 38 heavy (non-hydrogen) atoms. The molecule has 1 rings (SSSR count). The number of carbonyl (C=O) groups excluding carboxylic acids is 4. The van der Waals surface area contributed by atoms with E-state index in [0.29, 0.717) is 12.0 Å². The van der Waals surface area contributed by atoms with Crippen LogP contribution in [-0.2, 0) is 35.2 Å². The molecule has 0 saturated heterocycles. The lowest BCUT2D eigenvalue weighted by atomic mass is 9.97. The Labute approximate surface area is 219 Å². The van der Waals surface area contributed by atoms with E-state index in [9.17, 15) is 39.0 Å². The Hall–Kier alpha value is -4.20. The zero-order chi connectivity index (χ0) is 29.0. The monoisotopic (exact) mass is 537 g/mol. The first-order chi connectivity index (χ1) is 17.7. The number of phenolic OH excluding ortho intramolecular Hbond substituents is 1. The number of aliphatic carboxylic acids is 2. The average molecular weight is 538 g/mol. The van der Waals surface area contributed by atoms with Crippen molar-refractivity contribution < 1.29 is 44.1 Å². The van der Waals surface area contributed by atoms with Gasteiger partial charge in [0.2, 0.25) is 23.6 Å². The molecule has 14 heteroatoms.